The van der Waals surface area contributed by atoms with E-state index < -0.39 is 0 Å². The fourth-order valence-electron chi connectivity index (χ4n) is 2.11. The third-order valence-corrected chi connectivity index (χ3v) is 3.43. The molecule has 0 N–H and O–H groups in total. The number of fused-ring (bicyclic) bond motifs is 1. The Balaban J connectivity index is 3.04. The second kappa shape index (κ2) is 4.00. The first-order chi connectivity index (χ1) is 7.93. The summed E-state index contributed by atoms with van der Waals surface area (Å²) in [6.07, 6.45) is 0. The fourth-order valence-corrected chi connectivity index (χ4v) is 2.51. The van der Waals surface area contributed by atoms with E-state index in [1.165, 1.54) is 0 Å². The van der Waals surface area contributed by atoms with E-state index in [1.807, 2.05) is 19.9 Å². The van der Waals surface area contributed by atoms with Crippen molar-refractivity contribution >= 4 is 28.1 Å². The van der Waals surface area contributed by atoms with Crippen LogP contribution in [0, 0.1) is 30.9 Å². The van der Waals surface area contributed by atoms with Gasteiger partial charge in [-0.05, 0) is 44.0 Å². The predicted octanol–water partition coefficient (Wildman–Crippen LogP) is 4.33. The molecule has 0 bridgehead atoms. The molecule has 0 saturated heterocycles. The summed E-state index contributed by atoms with van der Waals surface area (Å²) in [5.74, 6) is 0. The first-order valence-corrected chi connectivity index (χ1v) is 5.64. The van der Waals surface area contributed by atoms with Crippen molar-refractivity contribution in [1.29, 1.82) is 0 Å². The first-order valence-electron chi connectivity index (χ1n) is 5.27. The highest BCUT2D eigenvalue weighted by atomic mass is 35.5. The molecular weight excluding hydrogens is 238 g/mol. The van der Waals surface area contributed by atoms with Crippen LogP contribution in [-0.4, -0.2) is 4.92 Å². The lowest BCUT2D eigenvalue weighted by Gasteiger charge is -2.09. The molecule has 4 heteroatoms. The number of aryl methyl sites for hydroxylation is 3. The van der Waals surface area contributed by atoms with Crippen LogP contribution < -0.4 is 0 Å². The summed E-state index contributed by atoms with van der Waals surface area (Å²) >= 11 is 6.19. The maximum Gasteiger partial charge on any atom is 0.280 e. The smallest absolute Gasteiger partial charge is 0.258 e. The highest BCUT2D eigenvalue weighted by molar-refractivity contribution is 6.36. The van der Waals surface area contributed by atoms with Crippen LogP contribution >= 0.6 is 11.6 Å². The molecule has 2 aromatic rings. The van der Waals surface area contributed by atoms with Crippen molar-refractivity contribution in [2.75, 3.05) is 0 Å². The zero-order valence-corrected chi connectivity index (χ0v) is 10.6. The number of halogens is 1. The minimum absolute atomic E-state index is 0.146. The number of nitrogens with zero attached hydrogens (tertiary/aromatic N) is 1. The number of nitro benzene ring substituents is 1. The van der Waals surface area contributed by atoms with Gasteiger partial charge in [0, 0.05) is 16.0 Å². The zero-order chi connectivity index (χ0) is 12.7. The van der Waals surface area contributed by atoms with E-state index in [0.717, 1.165) is 16.5 Å². The molecule has 0 heterocycles. The summed E-state index contributed by atoms with van der Waals surface area (Å²) in [7, 11) is 0. The van der Waals surface area contributed by atoms with E-state index in [1.54, 1.807) is 19.1 Å². The van der Waals surface area contributed by atoms with Crippen molar-refractivity contribution in [2.24, 2.45) is 0 Å². The Hall–Kier alpha value is -1.61. The summed E-state index contributed by atoms with van der Waals surface area (Å²) in [5.41, 5.74) is 2.82. The van der Waals surface area contributed by atoms with E-state index in [0.29, 0.717) is 16.0 Å². The van der Waals surface area contributed by atoms with Crippen LogP contribution in [0.1, 0.15) is 16.7 Å². The fraction of sp³-hybridized carbons (Fsp3) is 0.231. The summed E-state index contributed by atoms with van der Waals surface area (Å²) < 4.78 is 0. The molecule has 0 aliphatic heterocycles. The molecule has 0 aliphatic carbocycles. The lowest BCUT2D eigenvalue weighted by Crippen LogP contribution is -1.95. The molecule has 0 unspecified atom stereocenters. The monoisotopic (exact) mass is 249 g/mol. The second-order valence-electron chi connectivity index (χ2n) is 4.21. The normalized spacial score (nSPS) is 10.8. The van der Waals surface area contributed by atoms with Gasteiger partial charge in [-0.3, -0.25) is 10.1 Å². The highest BCUT2D eigenvalue weighted by Crippen LogP contribution is 2.37. The van der Waals surface area contributed by atoms with E-state index in [9.17, 15) is 10.1 Å². The van der Waals surface area contributed by atoms with Crippen LogP contribution in [0.4, 0.5) is 5.69 Å². The maximum absolute atomic E-state index is 11.1. The van der Waals surface area contributed by atoms with Crippen molar-refractivity contribution in [3.05, 3.63) is 50.0 Å². The molecule has 3 nitrogen and oxygen atoms in total. The summed E-state index contributed by atoms with van der Waals surface area (Å²) in [6.45, 7) is 5.61. The van der Waals surface area contributed by atoms with Crippen LogP contribution in [0.5, 0.6) is 0 Å². The van der Waals surface area contributed by atoms with Crippen molar-refractivity contribution in [3.63, 3.8) is 0 Å². The maximum atomic E-state index is 11.1. The quantitative estimate of drug-likeness (QED) is 0.558. The third kappa shape index (κ3) is 1.76. The summed E-state index contributed by atoms with van der Waals surface area (Å²) in [6, 6.07) is 5.32. The first kappa shape index (κ1) is 11.9. The molecule has 88 valence electrons. The molecule has 0 spiro atoms. The van der Waals surface area contributed by atoms with Crippen LogP contribution in [0.25, 0.3) is 10.8 Å². The second-order valence-corrected chi connectivity index (χ2v) is 4.62. The molecule has 0 fully saturated rings. The lowest BCUT2D eigenvalue weighted by atomic mass is 9.97. The number of benzene rings is 2. The number of nitro groups is 1. The van der Waals surface area contributed by atoms with Crippen LogP contribution in [0.2, 0.25) is 5.02 Å². The third-order valence-electron chi connectivity index (χ3n) is 3.13. The van der Waals surface area contributed by atoms with Gasteiger partial charge in [0.1, 0.15) is 0 Å². The predicted molar refractivity (Wildman–Crippen MR) is 69.8 cm³/mol. The highest BCUT2D eigenvalue weighted by Gasteiger charge is 2.19. The van der Waals surface area contributed by atoms with E-state index in [4.69, 9.17) is 11.6 Å². The van der Waals surface area contributed by atoms with Gasteiger partial charge in [0.15, 0.2) is 0 Å². The Bertz CT molecular complexity index is 635. The Morgan fingerprint density at radius 3 is 2.41 bits per heavy atom. The van der Waals surface area contributed by atoms with E-state index >= 15 is 0 Å². The molecular formula is C13H12ClNO2. The molecule has 0 amide bonds. The van der Waals surface area contributed by atoms with E-state index in [-0.39, 0.29) is 10.6 Å². The van der Waals surface area contributed by atoms with Crippen LogP contribution in [-0.2, 0) is 0 Å². The molecule has 0 atom stereocenters. The van der Waals surface area contributed by atoms with Crippen molar-refractivity contribution in [1.82, 2.24) is 0 Å². The van der Waals surface area contributed by atoms with Gasteiger partial charge in [-0.1, -0.05) is 17.7 Å². The van der Waals surface area contributed by atoms with Crippen LogP contribution in [0.15, 0.2) is 18.2 Å². The van der Waals surface area contributed by atoms with Crippen molar-refractivity contribution < 1.29 is 4.92 Å². The molecule has 0 aliphatic rings. The molecule has 17 heavy (non-hydrogen) atoms. The Labute approximate surface area is 104 Å². The largest absolute Gasteiger partial charge is 0.280 e. The lowest BCUT2D eigenvalue weighted by molar-refractivity contribution is -0.383. The number of hydrogen-bond donors (Lipinski definition) is 0. The van der Waals surface area contributed by atoms with Gasteiger partial charge >= 0.3 is 0 Å². The molecule has 2 aromatic carbocycles. The van der Waals surface area contributed by atoms with E-state index in [2.05, 4.69) is 0 Å². The number of rotatable bonds is 1. The van der Waals surface area contributed by atoms with Gasteiger partial charge in [0.2, 0.25) is 0 Å². The summed E-state index contributed by atoms with van der Waals surface area (Å²) in [5, 5.41) is 13.1. The van der Waals surface area contributed by atoms with Crippen LogP contribution in [0.3, 0.4) is 0 Å². The van der Waals surface area contributed by atoms with Gasteiger partial charge in [-0.15, -0.1) is 0 Å². The molecule has 2 rings (SSSR count). The standard InChI is InChI=1S/C13H12ClNO2/c1-7-4-5-10-12(9(7)3)11(14)6-8(2)13(10)15(16)17/h4-6H,1-3H3. The van der Waals surface area contributed by atoms with Gasteiger partial charge in [-0.2, -0.15) is 0 Å². The van der Waals surface area contributed by atoms with Crippen molar-refractivity contribution in [3.8, 4) is 0 Å². The molecule has 0 saturated carbocycles. The van der Waals surface area contributed by atoms with Crippen molar-refractivity contribution in [2.45, 2.75) is 20.8 Å². The Morgan fingerprint density at radius 2 is 1.82 bits per heavy atom. The Kier molecular flexibility index (Phi) is 2.79. The Morgan fingerprint density at radius 1 is 1.18 bits per heavy atom. The molecule has 0 aromatic heterocycles. The van der Waals surface area contributed by atoms with Gasteiger partial charge in [0.05, 0.1) is 10.3 Å². The average molecular weight is 250 g/mol. The minimum atomic E-state index is -0.344. The van der Waals surface area contributed by atoms with Gasteiger partial charge in [0.25, 0.3) is 5.69 Å². The SMILES string of the molecule is Cc1cc(Cl)c2c(C)c(C)ccc2c1[N+](=O)[O-]. The van der Waals surface area contributed by atoms with Gasteiger partial charge < -0.3 is 0 Å². The van der Waals surface area contributed by atoms with Gasteiger partial charge in [-0.25, -0.2) is 0 Å². The molecule has 0 radical (unpaired) electrons. The minimum Gasteiger partial charge on any atom is -0.258 e. The topological polar surface area (TPSA) is 43.1 Å². The number of hydrogen-bond acceptors (Lipinski definition) is 2. The average Bonchev–Trinajstić information content (AvgIpc) is 2.22. The zero-order valence-electron chi connectivity index (χ0n) is 9.87. The summed E-state index contributed by atoms with van der Waals surface area (Å²) in [4.78, 5) is 10.8.